The number of nitriles is 1. The summed E-state index contributed by atoms with van der Waals surface area (Å²) >= 11 is 6.24. The fraction of sp³-hybridized carbons (Fsp3) is 0.130. The molecule has 7 heteroatoms. The topological polar surface area (TPSA) is 91.5 Å². The molecule has 0 radical (unpaired) electrons. The van der Waals surface area contributed by atoms with Gasteiger partial charge in [0.2, 0.25) is 5.43 Å². The van der Waals surface area contributed by atoms with E-state index in [4.69, 9.17) is 11.6 Å². The average Bonchev–Trinajstić information content (AvgIpc) is 2.75. The number of nitrogens with one attached hydrogen (secondary N) is 1. The van der Waals surface area contributed by atoms with E-state index in [2.05, 4.69) is 9.97 Å². The summed E-state index contributed by atoms with van der Waals surface area (Å²) in [7, 11) is 0. The Labute approximate surface area is 177 Å². The van der Waals surface area contributed by atoms with Crippen LogP contribution in [0.1, 0.15) is 25.5 Å². The van der Waals surface area contributed by atoms with Gasteiger partial charge in [0.15, 0.2) is 0 Å². The largest absolute Gasteiger partial charge is 0.345 e. The van der Waals surface area contributed by atoms with Crippen LogP contribution in [0.2, 0.25) is 5.02 Å². The van der Waals surface area contributed by atoms with Crippen LogP contribution in [0.3, 0.4) is 0 Å². The maximum absolute atomic E-state index is 12.7. The second kappa shape index (κ2) is 7.62. The Balaban J connectivity index is 2.12. The quantitative estimate of drug-likeness (QED) is 0.531. The van der Waals surface area contributed by atoms with Gasteiger partial charge in [-0.25, -0.2) is 4.98 Å². The first-order valence-electron chi connectivity index (χ1n) is 9.34. The van der Waals surface area contributed by atoms with E-state index in [1.54, 1.807) is 22.9 Å². The molecule has 0 atom stereocenters. The van der Waals surface area contributed by atoms with E-state index >= 15 is 0 Å². The van der Waals surface area contributed by atoms with Crippen LogP contribution < -0.4 is 11.0 Å². The van der Waals surface area contributed by atoms with Gasteiger partial charge < -0.3 is 9.55 Å². The third kappa shape index (κ3) is 3.30. The van der Waals surface area contributed by atoms with E-state index in [0.29, 0.717) is 27.9 Å². The number of nitrogens with zero attached hydrogens (tertiary/aromatic N) is 3. The van der Waals surface area contributed by atoms with Gasteiger partial charge in [-0.2, -0.15) is 5.26 Å². The summed E-state index contributed by atoms with van der Waals surface area (Å²) in [5, 5.41) is 9.59. The molecule has 0 saturated heterocycles. The lowest BCUT2D eigenvalue weighted by molar-refractivity contribution is 0.579. The van der Waals surface area contributed by atoms with Gasteiger partial charge in [-0.3, -0.25) is 9.59 Å². The van der Waals surface area contributed by atoms with E-state index in [1.165, 1.54) is 6.20 Å². The van der Waals surface area contributed by atoms with Crippen molar-refractivity contribution in [3.8, 4) is 28.5 Å². The zero-order chi connectivity index (χ0) is 21.4. The third-order valence-corrected chi connectivity index (χ3v) is 5.17. The Bertz CT molecular complexity index is 1430. The number of fused-ring (bicyclic) bond motifs is 1. The zero-order valence-corrected chi connectivity index (χ0v) is 17.1. The molecule has 0 fully saturated rings. The summed E-state index contributed by atoms with van der Waals surface area (Å²) in [6, 6.07) is 14.6. The van der Waals surface area contributed by atoms with E-state index in [9.17, 15) is 14.9 Å². The Kier molecular flexibility index (Phi) is 4.98. The van der Waals surface area contributed by atoms with Gasteiger partial charge in [0.25, 0.3) is 5.56 Å². The molecule has 148 valence electrons. The number of aromatic nitrogens is 3. The third-order valence-electron chi connectivity index (χ3n) is 4.90. The maximum atomic E-state index is 12.7. The Morgan fingerprint density at radius 2 is 1.87 bits per heavy atom. The molecule has 1 N–H and O–H groups in total. The van der Waals surface area contributed by atoms with Gasteiger partial charge in [0.1, 0.15) is 22.3 Å². The number of aromatic amines is 1. The number of H-pyrrole nitrogens is 1. The highest BCUT2D eigenvalue weighted by molar-refractivity contribution is 6.30. The van der Waals surface area contributed by atoms with E-state index in [0.717, 1.165) is 5.56 Å². The van der Waals surface area contributed by atoms with Gasteiger partial charge in [0, 0.05) is 35.1 Å². The Morgan fingerprint density at radius 1 is 1.13 bits per heavy atom. The molecule has 0 unspecified atom stereocenters. The second-order valence-corrected chi connectivity index (χ2v) is 7.58. The van der Waals surface area contributed by atoms with Crippen LogP contribution in [0.5, 0.6) is 0 Å². The molecular weight excluding hydrogens is 400 g/mol. The van der Waals surface area contributed by atoms with Crippen molar-refractivity contribution in [2.75, 3.05) is 0 Å². The Morgan fingerprint density at radius 3 is 2.53 bits per heavy atom. The molecule has 0 aliphatic rings. The van der Waals surface area contributed by atoms with Crippen LogP contribution in [0, 0.1) is 11.3 Å². The maximum Gasteiger partial charge on any atom is 0.269 e. The summed E-state index contributed by atoms with van der Waals surface area (Å²) in [5.74, 6) is 0. The monoisotopic (exact) mass is 416 g/mol. The first-order valence-corrected chi connectivity index (χ1v) is 9.72. The van der Waals surface area contributed by atoms with Crippen LogP contribution in [0.4, 0.5) is 0 Å². The first kappa shape index (κ1) is 19.6. The molecule has 6 nitrogen and oxygen atoms in total. The van der Waals surface area contributed by atoms with Crippen LogP contribution in [0.15, 0.2) is 64.4 Å². The minimum Gasteiger partial charge on any atom is -0.345 e. The summed E-state index contributed by atoms with van der Waals surface area (Å²) in [6.45, 7) is 3.78. The molecule has 0 saturated carbocycles. The lowest BCUT2D eigenvalue weighted by Gasteiger charge is -2.15. The van der Waals surface area contributed by atoms with Gasteiger partial charge in [-0.15, -0.1) is 0 Å². The van der Waals surface area contributed by atoms with E-state index in [1.807, 2.05) is 50.2 Å². The lowest BCUT2D eigenvalue weighted by atomic mass is 9.98. The number of pyridine rings is 3. The summed E-state index contributed by atoms with van der Waals surface area (Å²) < 4.78 is 1.55. The number of benzene rings is 1. The van der Waals surface area contributed by atoms with Gasteiger partial charge >= 0.3 is 0 Å². The molecule has 0 bridgehead atoms. The first-order chi connectivity index (χ1) is 14.4. The van der Waals surface area contributed by atoms with Crippen molar-refractivity contribution in [1.82, 2.24) is 14.5 Å². The van der Waals surface area contributed by atoms with E-state index < -0.39 is 5.43 Å². The standard InChI is InChI=1S/C23H17ClN4O2/c1-13(2)28-12-15(8-19(24)23(28)30)17-9-18-21(29)16(10-25)11-26-22(18)27-20(17)14-6-4-3-5-7-14/h3-9,11-13H,1-2H3,(H,26,27,29). The predicted octanol–water partition coefficient (Wildman–Crippen LogP) is 4.52. The van der Waals surface area contributed by atoms with Gasteiger partial charge in [-0.05, 0) is 26.0 Å². The van der Waals surface area contributed by atoms with Crippen molar-refractivity contribution in [1.29, 1.82) is 5.26 Å². The number of halogens is 1. The van der Waals surface area contributed by atoms with Crippen molar-refractivity contribution in [2.45, 2.75) is 19.9 Å². The van der Waals surface area contributed by atoms with Crippen molar-refractivity contribution in [2.24, 2.45) is 0 Å². The van der Waals surface area contributed by atoms with Crippen LogP contribution in [-0.4, -0.2) is 14.5 Å². The SMILES string of the molecule is CC(C)n1cc(-c2cc3c(=O)c(C#N)c[nH]c3nc2-c2ccccc2)cc(Cl)c1=O. The fourth-order valence-electron chi connectivity index (χ4n) is 3.36. The summed E-state index contributed by atoms with van der Waals surface area (Å²) in [5.41, 5.74) is 2.48. The highest BCUT2D eigenvalue weighted by Gasteiger charge is 2.17. The fourth-order valence-corrected chi connectivity index (χ4v) is 3.58. The van der Waals surface area contributed by atoms with Crippen LogP contribution in [-0.2, 0) is 0 Å². The molecule has 4 aromatic rings. The van der Waals surface area contributed by atoms with Crippen molar-refractivity contribution < 1.29 is 0 Å². The minimum absolute atomic E-state index is 0.00731. The molecule has 30 heavy (non-hydrogen) atoms. The molecular formula is C23H17ClN4O2. The van der Waals surface area contributed by atoms with Crippen LogP contribution >= 0.6 is 11.6 Å². The van der Waals surface area contributed by atoms with Crippen LogP contribution in [0.25, 0.3) is 33.4 Å². The molecule has 0 amide bonds. The molecule has 0 aliphatic heterocycles. The van der Waals surface area contributed by atoms with Gasteiger partial charge in [0.05, 0.1) is 11.1 Å². The normalized spacial score (nSPS) is 11.0. The van der Waals surface area contributed by atoms with Crippen molar-refractivity contribution in [3.05, 3.63) is 86.0 Å². The number of hydrogen-bond acceptors (Lipinski definition) is 4. The van der Waals surface area contributed by atoms with Crippen molar-refractivity contribution in [3.63, 3.8) is 0 Å². The smallest absolute Gasteiger partial charge is 0.269 e. The van der Waals surface area contributed by atoms with Crippen molar-refractivity contribution >= 4 is 22.6 Å². The predicted molar refractivity (Wildman–Crippen MR) is 118 cm³/mol. The minimum atomic E-state index is -0.400. The second-order valence-electron chi connectivity index (χ2n) is 7.17. The molecule has 3 aromatic heterocycles. The molecule has 3 heterocycles. The molecule has 1 aromatic carbocycles. The Hall–Kier alpha value is -3.69. The molecule has 0 spiro atoms. The number of rotatable bonds is 3. The summed E-state index contributed by atoms with van der Waals surface area (Å²) in [4.78, 5) is 32.8. The number of hydrogen-bond donors (Lipinski definition) is 1. The molecule has 4 rings (SSSR count). The summed E-state index contributed by atoms with van der Waals surface area (Å²) in [6.07, 6.45) is 3.08. The zero-order valence-electron chi connectivity index (χ0n) is 16.3. The highest BCUT2D eigenvalue weighted by Crippen LogP contribution is 2.33. The van der Waals surface area contributed by atoms with E-state index in [-0.39, 0.29) is 22.2 Å². The van der Waals surface area contributed by atoms with Gasteiger partial charge in [-0.1, -0.05) is 41.9 Å². The lowest BCUT2D eigenvalue weighted by Crippen LogP contribution is -2.21. The highest BCUT2D eigenvalue weighted by atomic mass is 35.5. The average molecular weight is 417 g/mol. The molecule has 0 aliphatic carbocycles.